The van der Waals surface area contributed by atoms with Gasteiger partial charge in [0.2, 0.25) is 16.1 Å². The highest BCUT2D eigenvalue weighted by Gasteiger charge is 2.28. The maximum absolute atomic E-state index is 12.9. The van der Waals surface area contributed by atoms with Crippen molar-refractivity contribution in [2.24, 2.45) is 0 Å². The summed E-state index contributed by atoms with van der Waals surface area (Å²) in [4.78, 5) is 21.3. The number of hydrogen-bond donors (Lipinski definition) is 2. The molecular weight excluding hydrogens is 462 g/mol. The quantitative estimate of drug-likeness (QED) is 0.526. The first-order valence-electron chi connectivity index (χ1n) is 10.5. The van der Waals surface area contributed by atoms with Gasteiger partial charge in [-0.25, -0.2) is 14.7 Å². The second-order valence-electron chi connectivity index (χ2n) is 8.42. The second-order valence-corrected chi connectivity index (χ2v) is 11.3. The van der Waals surface area contributed by atoms with Crippen LogP contribution in [0.5, 0.6) is 5.88 Å². The third-order valence-corrected chi connectivity index (χ3v) is 8.63. The number of aryl methyl sites for hydroxylation is 1. The fraction of sp³-hybridized carbons (Fsp3) is 0.348. The zero-order valence-electron chi connectivity index (χ0n) is 18.6. The lowest BCUT2D eigenvalue weighted by Gasteiger charge is -2.15. The molecule has 10 heteroatoms. The van der Waals surface area contributed by atoms with Gasteiger partial charge in [0.05, 0.1) is 24.0 Å². The van der Waals surface area contributed by atoms with Gasteiger partial charge in [0.15, 0.2) is 0 Å². The molecule has 2 aromatic heterocycles. The highest BCUT2D eigenvalue weighted by Crippen LogP contribution is 2.35. The van der Waals surface area contributed by atoms with E-state index in [4.69, 9.17) is 4.74 Å². The van der Waals surface area contributed by atoms with Crippen molar-refractivity contribution >= 4 is 27.3 Å². The van der Waals surface area contributed by atoms with Crippen LogP contribution in [-0.2, 0) is 39.7 Å². The first-order valence-corrected chi connectivity index (χ1v) is 12.8. The minimum absolute atomic E-state index is 0.0912. The van der Waals surface area contributed by atoms with Crippen LogP contribution < -0.4 is 9.46 Å². The van der Waals surface area contributed by atoms with Crippen LogP contribution in [0.4, 0.5) is 0 Å². The summed E-state index contributed by atoms with van der Waals surface area (Å²) in [7, 11) is -2.62. The van der Waals surface area contributed by atoms with E-state index in [9.17, 15) is 18.3 Å². The average molecular weight is 488 g/mol. The first kappa shape index (κ1) is 23.3. The molecular formula is C23H25N3O5S2. The molecule has 0 saturated carbocycles. The monoisotopic (exact) mass is 487 g/mol. The number of hydrogen-bond acceptors (Lipinski definition) is 8. The molecule has 1 aromatic carbocycles. The average Bonchev–Trinajstić information content (AvgIpc) is 3.43. The van der Waals surface area contributed by atoms with Crippen LogP contribution in [0.25, 0.3) is 11.1 Å². The molecule has 0 atom stereocenters. The summed E-state index contributed by atoms with van der Waals surface area (Å²) in [6, 6.07) is 7.66. The number of thiazole rings is 1. The molecule has 0 aliphatic heterocycles. The van der Waals surface area contributed by atoms with E-state index < -0.39 is 21.5 Å². The van der Waals surface area contributed by atoms with E-state index in [2.05, 4.69) is 20.8 Å². The van der Waals surface area contributed by atoms with E-state index >= 15 is 0 Å². The Kier molecular flexibility index (Phi) is 6.26. The number of aliphatic hydroxyl groups is 1. The van der Waals surface area contributed by atoms with Gasteiger partial charge in [0, 0.05) is 18.5 Å². The maximum atomic E-state index is 12.9. The van der Waals surface area contributed by atoms with Crippen LogP contribution in [0, 0.1) is 0 Å². The molecule has 0 spiro atoms. The molecule has 0 radical (unpaired) electrons. The van der Waals surface area contributed by atoms with Crippen molar-refractivity contribution in [1.82, 2.24) is 14.7 Å². The number of carbonyl (C=O) groups excluding carboxylic acids is 1. The first-order chi connectivity index (χ1) is 15.6. The molecule has 1 amide bonds. The van der Waals surface area contributed by atoms with Crippen LogP contribution in [0.2, 0.25) is 0 Å². The van der Waals surface area contributed by atoms with Gasteiger partial charge in [-0.3, -0.25) is 4.79 Å². The van der Waals surface area contributed by atoms with E-state index in [0.717, 1.165) is 52.9 Å². The molecule has 0 saturated heterocycles. The number of nitrogens with zero attached hydrogens (tertiary/aromatic N) is 2. The van der Waals surface area contributed by atoms with Crippen molar-refractivity contribution < 1.29 is 23.1 Å². The van der Waals surface area contributed by atoms with Crippen LogP contribution >= 0.6 is 11.3 Å². The zero-order chi connectivity index (χ0) is 23.8. The second kappa shape index (κ2) is 8.85. The minimum atomic E-state index is -4.15. The zero-order valence-corrected chi connectivity index (χ0v) is 20.2. The Bertz CT molecular complexity index is 1310. The smallest absolute Gasteiger partial charge is 0.291 e. The number of ether oxygens (including phenoxy) is 1. The Morgan fingerprint density at radius 1 is 1.24 bits per heavy atom. The van der Waals surface area contributed by atoms with Crippen LogP contribution in [-0.4, -0.2) is 36.5 Å². The van der Waals surface area contributed by atoms with Gasteiger partial charge >= 0.3 is 0 Å². The number of carbonyl (C=O) groups is 1. The van der Waals surface area contributed by atoms with Crippen LogP contribution in [0.3, 0.4) is 0 Å². The Labute approximate surface area is 196 Å². The molecule has 2 heterocycles. The number of nitrogens with one attached hydrogen (secondary N) is 1. The van der Waals surface area contributed by atoms with Crippen molar-refractivity contribution in [1.29, 1.82) is 0 Å². The lowest BCUT2D eigenvalue weighted by molar-refractivity contribution is -0.118. The predicted octanol–water partition coefficient (Wildman–Crippen LogP) is 2.98. The number of aromatic nitrogens is 2. The van der Waals surface area contributed by atoms with Gasteiger partial charge in [-0.15, -0.1) is 11.3 Å². The predicted molar refractivity (Wildman–Crippen MR) is 125 cm³/mol. The van der Waals surface area contributed by atoms with E-state index in [0.29, 0.717) is 10.8 Å². The molecule has 4 rings (SSSR count). The van der Waals surface area contributed by atoms with Gasteiger partial charge in [0.25, 0.3) is 10.0 Å². The fourth-order valence-electron chi connectivity index (χ4n) is 3.96. The molecule has 0 fully saturated rings. The largest absolute Gasteiger partial charge is 0.481 e. The van der Waals surface area contributed by atoms with E-state index in [1.54, 1.807) is 26.1 Å². The lowest BCUT2D eigenvalue weighted by Crippen LogP contribution is -2.32. The number of fused-ring (bicyclic) bond motifs is 1. The summed E-state index contributed by atoms with van der Waals surface area (Å²) in [6.45, 7) is 3.09. The summed E-state index contributed by atoms with van der Waals surface area (Å²) in [5, 5.41) is 10.1. The van der Waals surface area contributed by atoms with Gasteiger partial charge in [-0.2, -0.15) is 8.42 Å². The van der Waals surface area contributed by atoms with Crippen molar-refractivity contribution in [3.63, 3.8) is 0 Å². The molecule has 2 N–H and O–H groups in total. The van der Waals surface area contributed by atoms with E-state index in [1.165, 1.54) is 18.9 Å². The number of methoxy groups -OCH3 is 1. The highest BCUT2D eigenvalue weighted by atomic mass is 32.2. The van der Waals surface area contributed by atoms with Crippen molar-refractivity contribution in [2.75, 3.05) is 7.11 Å². The lowest BCUT2D eigenvalue weighted by atomic mass is 9.91. The topological polar surface area (TPSA) is 118 Å². The summed E-state index contributed by atoms with van der Waals surface area (Å²) >= 11 is 0.835. The standard InChI is InChI=1S/C23H25N3O5S2/c1-23(2,28)19-13-25-22(32-19)33(29,30)26-20(27)12-18-16-6-4-5-14(16)7-8-17(18)15-9-10-24-21(11-15)31-3/h7-11,13,28H,4-6,12H2,1-3H3,(H,26,27). The Balaban J connectivity index is 1.64. The van der Waals surface area contributed by atoms with Crippen LogP contribution in [0.1, 0.15) is 41.8 Å². The number of sulfonamides is 1. The third kappa shape index (κ3) is 4.92. The number of benzene rings is 1. The van der Waals surface area contributed by atoms with Crippen LogP contribution in [0.15, 0.2) is 41.0 Å². The van der Waals surface area contributed by atoms with Gasteiger partial charge in [-0.05, 0) is 67.0 Å². The molecule has 0 bridgehead atoms. The van der Waals surface area contributed by atoms with Gasteiger partial charge < -0.3 is 9.84 Å². The molecule has 1 aliphatic rings. The number of amides is 1. The Hall–Kier alpha value is -2.82. The van der Waals surface area contributed by atoms with Gasteiger partial charge in [0.1, 0.15) is 0 Å². The summed E-state index contributed by atoms with van der Waals surface area (Å²) < 4.78 is 32.6. The SMILES string of the molecule is COc1cc(-c2ccc3c(c2CC(=O)NS(=O)(=O)c2ncc(C(C)(C)O)s2)CCC3)ccn1. The normalized spacial score (nSPS) is 13.6. The Morgan fingerprint density at radius 3 is 2.73 bits per heavy atom. The molecule has 33 heavy (non-hydrogen) atoms. The molecule has 0 unspecified atom stereocenters. The summed E-state index contributed by atoms with van der Waals surface area (Å²) in [6.07, 6.45) is 5.61. The van der Waals surface area contributed by atoms with Gasteiger partial charge in [-0.1, -0.05) is 12.1 Å². The number of pyridine rings is 1. The van der Waals surface area contributed by atoms with E-state index in [1.807, 2.05) is 12.1 Å². The molecule has 1 aliphatic carbocycles. The van der Waals surface area contributed by atoms with Crippen molar-refractivity contribution in [3.05, 3.63) is 58.2 Å². The molecule has 3 aromatic rings. The fourth-order valence-corrected chi connectivity index (χ4v) is 6.09. The van der Waals surface area contributed by atoms with E-state index in [-0.39, 0.29) is 10.8 Å². The van der Waals surface area contributed by atoms with Crippen molar-refractivity contribution in [2.45, 2.75) is 49.5 Å². The summed E-state index contributed by atoms with van der Waals surface area (Å²) in [5.74, 6) is -0.185. The molecule has 8 nitrogen and oxygen atoms in total. The minimum Gasteiger partial charge on any atom is -0.481 e. The number of rotatable bonds is 7. The summed E-state index contributed by atoms with van der Waals surface area (Å²) in [5.41, 5.74) is 3.55. The highest BCUT2D eigenvalue weighted by molar-refractivity contribution is 7.92. The Morgan fingerprint density at radius 2 is 2.03 bits per heavy atom. The van der Waals surface area contributed by atoms with Crippen molar-refractivity contribution in [3.8, 4) is 17.0 Å². The third-order valence-electron chi connectivity index (χ3n) is 5.56. The maximum Gasteiger partial charge on any atom is 0.291 e. The molecule has 174 valence electrons.